The summed E-state index contributed by atoms with van der Waals surface area (Å²) >= 11 is 0. The molecule has 1 N–H and O–H groups in total. The van der Waals surface area contributed by atoms with Gasteiger partial charge >= 0.3 is 0 Å². The summed E-state index contributed by atoms with van der Waals surface area (Å²) < 4.78 is 1.75. The minimum Gasteiger partial charge on any atom is -0.313 e. The van der Waals surface area contributed by atoms with E-state index in [1.807, 2.05) is 32.3 Å². The molecule has 0 atom stereocenters. The summed E-state index contributed by atoms with van der Waals surface area (Å²) in [5, 5.41) is 7.30. The summed E-state index contributed by atoms with van der Waals surface area (Å²) in [6.07, 6.45) is 1.75. The fourth-order valence-corrected chi connectivity index (χ4v) is 1.39. The van der Waals surface area contributed by atoms with Gasteiger partial charge in [-0.05, 0) is 19.2 Å². The molecule has 15 heavy (non-hydrogen) atoms. The van der Waals surface area contributed by atoms with Gasteiger partial charge in [-0.25, -0.2) is 9.67 Å². The van der Waals surface area contributed by atoms with Crippen molar-refractivity contribution >= 4 is 0 Å². The molecular weight excluding hydrogens is 190 g/mol. The predicted molar refractivity (Wildman–Crippen MR) is 57.0 cm³/mol. The van der Waals surface area contributed by atoms with E-state index in [-0.39, 0.29) is 0 Å². The third-order valence-electron chi connectivity index (χ3n) is 2.04. The molecule has 2 heterocycles. The summed E-state index contributed by atoms with van der Waals surface area (Å²) in [7, 11) is 3.74. The second-order valence-electron chi connectivity index (χ2n) is 3.22. The van der Waals surface area contributed by atoms with Crippen molar-refractivity contribution in [2.45, 2.75) is 6.54 Å². The molecule has 5 nitrogen and oxygen atoms in total. The van der Waals surface area contributed by atoms with Crippen molar-refractivity contribution < 1.29 is 0 Å². The number of pyridine rings is 1. The lowest BCUT2D eigenvalue weighted by molar-refractivity contribution is 0.711. The topological polar surface area (TPSA) is 55.6 Å². The van der Waals surface area contributed by atoms with Crippen molar-refractivity contribution in [2.24, 2.45) is 7.05 Å². The van der Waals surface area contributed by atoms with Crippen LogP contribution in [0.25, 0.3) is 11.5 Å². The van der Waals surface area contributed by atoms with Gasteiger partial charge in [0, 0.05) is 13.2 Å². The summed E-state index contributed by atoms with van der Waals surface area (Å²) in [4.78, 5) is 8.64. The van der Waals surface area contributed by atoms with Crippen LogP contribution in [0.2, 0.25) is 0 Å². The van der Waals surface area contributed by atoms with Crippen LogP contribution in [0.3, 0.4) is 0 Å². The van der Waals surface area contributed by atoms with Gasteiger partial charge in [-0.2, -0.15) is 5.10 Å². The molecule has 0 saturated carbocycles. The molecule has 0 radical (unpaired) electrons. The molecule has 78 valence electrons. The maximum Gasteiger partial charge on any atom is 0.176 e. The Bertz CT molecular complexity index is 434. The minimum absolute atomic E-state index is 0.667. The lowest BCUT2D eigenvalue weighted by atomic mass is 10.3. The Morgan fingerprint density at radius 2 is 2.27 bits per heavy atom. The number of rotatable bonds is 3. The van der Waals surface area contributed by atoms with Gasteiger partial charge in [0.15, 0.2) is 11.6 Å². The first-order valence-electron chi connectivity index (χ1n) is 4.77. The standard InChI is InChI=1S/C10H13N5/c1-11-7-9-13-10(15(2)14-9)8-5-3-4-6-12-8/h3-6,11H,7H2,1-2H3. The van der Waals surface area contributed by atoms with Crippen molar-refractivity contribution in [1.82, 2.24) is 25.1 Å². The van der Waals surface area contributed by atoms with Crippen molar-refractivity contribution in [1.29, 1.82) is 0 Å². The second kappa shape index (κ2) is 4.18. The van der Waals surface area contributed by atoms with Crippen LogP contribution in [0.5, 0.6) is 0 Å². The zero-order chi connectivity index (χ0) is 10.7. The first kappa shape index (κ1) is 9.79. The van der Waals surface area contributed by atoms with Gasteiger partial charge in [0.2, 0.25) is 0 Å². The first-order valence-corrected chi connectivity index (χ1v) is 4.77. The average molecular weight is 203 g/mol. The first-order chi connectivity index (χ1) is 7.31. The molecule has 0 aliphatic heterocycles. The van der Waals surface area contributed by atoms with E-state index >= 15 is 0 Å². The Hall–Kier alpha value is -1.75. The monoisotopic (exact) mass is 203 g/mol. The Morgan fingerprint density at radius 3 is 2.93 bits per heavy atom. The lowest BCUT2D eigenvalue weighted by Crippen LogP contribution is -2.06. The summed E-state index contributed by atoms with van der Waals surface area (Å²) in [5.41, 5.74) is 0.842. The van der Waals surface area contributed by atoms with E-state index in [9.17, 15) is 0 Å². The maximum atomic E-state index is 4.40. The molecule has 0 unspecified atom stereocenters. The molecule has 5 heteroatoms. The largest absolute Gasteiger partial charge is 0.313 e. The van der Waals surface area contributed by atoms with Crippen LogP contribution in [-0.4, -0.2) is 26.8 Å². The van der Waals surface area contributed by atoms with E-state index in [0.29, 0.717) is 6.54 Å². The number of aryl methyl sites for hydroxylation is 1. The number of nitrogens with zero attached hydrogens (tertiary/aromatic N) is 4. The molecule has 0 aliphatic rings. The summed E-state index contributed by atoms with van der Waals surface area (Å²) in [6.45, 7) is 0.667. The van der Waals surface area contributed by atoms with Crippen LogP contribution in [0.4, 0.5) is 0 Å². The smallest absolute Gasteiger partial charge is 0.176 e. The third kappa shape index (κ3) is 2.02. The average Bonchev–Trinajstić information content (AvgIpc) is 2.61. The zero-order valence-corrected chi connectivity index (χ0v) is 8.81. The quantitative estimate of drug-likeness (QED) is 0.793. The van der Waals surface area contributed by atoms with E-state index in [1.54, 1.807) is 10.9 Å². The number of hydrogen-bond acceptors (Lipinski definition) is 4. The SMILES string of the molecule is CNCc1nc(-c2ccccn2)n(C)n1. The highest BCUT2D eigenvalue weighted by molar-refractivity contribution is 5.48. The molecule has 0 saturated heterocycles. The van der Waals surface area contributed by atoms with E-state index in [0.717, 1.165) is 17.3 Å². The van der Waals surface area contributed by atoms with E-state index < -0.39 is 0 Å². The molecule has 0 amide bonds. The molecule has 2 rings (SSSR count). The van der Waals surface area contributed by atoms with Gasteiger partial charge in [-0.15, -0.1) is 0 Å². The molecule has 0 bridgehead atoms. The van der Waals surface area contributed by atoms with E-state index in [1.165, 1.54) is 0 Å². The Labute approximate surface area is 88.2 Å². The molecule has 0 aliphatic carbocycles. The molecular formula is C10H13N5. The van der Waals surface area contributed by atoms with Crippen LogP contribution in [0.15, 0.2) is 24.4 Å². The third-order valence-corrected chi connectivity index (χ3v) is 2.04. The minimum atomic E-state index is 0.667. The van der Waals surface area contributed by atoms with Gasteiger partial charge in [-0.3, -0.25) is 4.98 Å². The van der Waals surface area contributed by atoms with Gasteiger partial charge in [0.25, 0.3) is 0 Å². The van der Waals surface area contributed by atoms with Crippen LogP contribution in [0, 0.1) is 0 Å². The van der Waals surface area contributed by atoms with Crippen molar-refractivity contribution in [3.8, 4) is 11.5 Å². The van der Waals surface area contributed by atoms with Crippen molar-refractivity contribution in [2.75, 3.05) is 7.05 Å². The Morgan fingerprint density at radius 1 is 1.40 bits per heavy atom. The second-order valence-corrected chi connectivity index (χ2v) is 3.22. The van der Waals surface area contributed by atoms with Crippen LogP contribution in [0.1, 0.15) is 5.82 Å². The number of hydrogen-bond donors (Lipinski definition) is 1. The van der Waals surface area contributed by atoms with Gasteiger partial charge in [-0.1, -0.05) is 6.07 Å². The molecule has 0 aromatic carbocycles. The van der Waals surface area contributed by atoms with Gasteiger partial charge in [0.05, 0.1) is 6.54 Å². The predicted octanol–water partition coefficient (Wildman–Crippen LogP) is 0.596. The van der Waals surface area contributed by atoms with Gasteiger partial charge in [0.1, 0.15) is 5.69 Å². The Kier molecular flexibility index (Phi) is 2.73. The maximum absolute atomic E-state index is 4.40. The summed E-state index contributed by atoms with van der Waals surface area (Å²) in [6, 6.07) is 5.75. The lowest BCUT2D eigenvalue weighted by Gasteiger charge is -1.96. The number of aromatic nitrogens is 4. The zero-order valence-electron chi connectivity index (χ0n) is 8.81. The number of nitrogens with one attached hydrogen (secondary N) is 1. The molecule has 0 fully saturated rings. The van der Waals surface area contributed by atoms with Crippen molar-refractivity contribution in [3.63, 3.8) is 0 Å². The van der Waals surface area contributed by atoms with Crippen LogP contribution >= 0.6 is 0 Å². The fraction of sp³-hybridized carbons (Fsp3) is 0.300. The van der Waals surface area contributed by atoms with Gasteiger partial charge < -0.3 is 5.32 Å². The highest BCUT2D eigenvalue weighted by Gasteiger charge is 2.08. The highest BCUT2D eigenvalue weighted by Crippen LogP contribution is 2.12. The van der Waals surface area contributed by atoms with Crippen LogP contribution in [-0.2, 0) is 13.6 Å². The Balaban J connectivity index is 2.36. The van der Waals surface area contributed by atoms with Crippen LogP contribution < -0.4 is 5.32 Å². The highest BCUT2D eigenvalue weighted by atomic mass is 15.3. The fourth-order valence-electron chi connectivity index (χ4n) is 1.39. The van der Waals surface area contributed by atoms with E-state index in [4.69, 9.17) is 0 Å². The molecule has 0 spiro atoms. The normalized spacial score (nSPS) is 10.5. The van der Waals surface area contributed by atoms with E-state index in [2.05, 4.69) is 20.4 Å². The summed E-state index contributed by atoms with van der Waals surface area (Å²) in [5.74, 6) is 1.57. The molecule has 2 aromatic heterocycles. The molecule has 2 aromatic rings. The van der Waals surface area contributed by atoms with Crippen molar-refractivity contribution in [3.05, 3.63) is 30.2 Å².